The molecule has 0 spiro atoms. The van der Waals surface area contributed by atoms with E-state index in [0.29, 0.717) is 16.5 Å². The van der Waals surface area contributed by atoms with Crippen molar-refractivity contribution in [3.8, 4) is 11.5 Å². The lowest BCUT2D eigenvalue weighted by atomic mass is 9.98. The Morgan fingerprint density at radius 1 is 0.929 bits per heavy atom. The fourth-order valence-electron chi connectivity index (χ4n) is 3.07. The van der Waals surface area contributed by atoms with Gasteiger partial charge in [0.2, 0.25) is 5.91 Å². The summed E-state index contributed by atoms with van der Waals surface area (Å²) in [7, 11) is 3.17. The smallest absolute Gasteiger partial charge is 0.225 e. The number of carbonyl (C=O) groups is 1. The van der Waals surface area contributed by atoms with E-state index in [1.807, 2.05) is 66.7 Å². The second-order valence-electron chi connectivity index (χ2n) is 6.32. The fraction of sp³-hybridized carbons (Fsp3) is 0.174. The van der Waals surface area contributed by atoms with Crippen molar-refractivity contribution in [2.45, 2.75) is 12.5 Å². The molecule has 0 aromatic heterocycles. The Balaban J connectivity index is 1.84. The van der Waals surface area contributed by atoms with Gasteiger partial charge in [0.15, 0.2) is 0 Å². The molecule has 1 unspecified atom stereocenters. The SMILES string of the molecule is COc1ccc(CC(=O)NC(c2ccccc2)c2cccc(Cl)c2)c(OC)c1. The number of halogens is 1. The van der Waals surface area contributed by atoms with Crippen LogP contribution in [0.25, 0.3) is 0 Å². The van der Waals surface area contributed by atoms with Gasteiger partial charge in [-0.15, -0.1) is 0 Å². The molecule has 0 aliphatic rings. The molecule has 0 saturated heterocycles. The molecule has 3 rings (SSSR count). The van der Waals surface area contributed by atoms with Crippen molar-refractivity contribution in [2.75, 3.05) is 14.2 Å². The molecular formula is C23H22ClNO3. The lowest BCUT2D eigenvalue weighted by Gasteiger charge is -2.20. The number of hydrogen-bond acceptors (Lipinski definition) is 3. The summed E-state index contributed by atoms with van der Waals surface area (Å²) in [6.07, 6.45) is 0.192. The summed E-state index contributed by atoms with van der Waals surface area (Å²) < 4.78 is 10.6. The quantitative estimate of drug-likeness (QED) is 0.624. The first kappa shape index (κ1) is 19.8. The van der Waals surface area contributed by atoms with Gasteiger partial charge in [-0.2, -0.15) is 0 Å². The number of amides is 1. The normalized spacial score (nSPS) is 11.5. The van der Waals surface area contributed by atoms with Gasteiger partial charge in [0, 0.05) is 16.7 Å². The summed E-state index contributed by atoms with van der Waals surface area (Å²) >= 11 is 6.17. The van der Waals surface area contributed by atoms with Crippen LogP contribution in [0.2, 0.25) is 5.02 Å². The van der Waals surface area contributed by atoms with Gasteiger partial charge in [0.1, 0.15) is 11.5 Å². The van der Waals surface area contributed by atoms with Crippen LogP contribution in [-0.2, 0) is 11.2 Å². The van der Waals surface area contributed by atoms with Crippen molar-refractivity contribution in [2.24, 2.45) is 0 Å². The minimum atomic E-state index is -0.295. The summed E-state index contributed by atoms with van der Waals surface area (Å²) in [4.78, 5) is 12.8. The van der Waals surface area contributed by atoms with Crippen LogP contribution in [0.5, 0.6) is 11.5 Å². The molecule has 0 radical (unpaired) electrons. The van der Waals surface area contributed by atoms with E-state index in [1.54, 1.807) is 20.3 Å². The first-order chi connectivity index (χ1) is 13.6. The largest absolute Gasteiger partial charge is 0.497 e. The fourth-order valence-corrected chi connectivity index (χ4v) is 3.27. The zero-order valence-electron chi connectivity index (χ0n) is 15.8. The highest BCUT2D eigenvalue weighted by Gasteiger charge is 2.18. The predicted octanol–water partition coefficient (Wildman–Crippen LogP) is 4.81. The third kappa shape index (κ3) is 4.84. The second-order valence-corrected chi connectivity index (χ2v) is 6.76. The van der Waals surface area contributed by atoms with Crippen molar-refractivity contribution in [3.05, 3.63) is 94.5 Å². The standard InChI is InChI=1S/C23H22ClNO3/c1-27-20-12-11-17(21(15-20)28-2)14-22(26)25-23(16-7-4-3-5-8-16)18-9-6-10-19(24)13-18/h3-13,15,23H,14H2,1-2H3,(H,25,26). The Hall–Kier alpha value is -2.98. The lowest BCUT2D eigenvalue weighted by Crippen LogP contribution is -2.30. The Labute approximate surface area is 170 Å². The van der Waals surface area contributed by atoms with Gasteiger partial charge < -0.3 is 14.8 Å². The minimum absolute atomic E-state index is 0.114. The van der Waals surface area contributed by atoms with Crippen LogP contribution in [0.4, 0.5) is 0 Å². The van der Waals surface area contributed by atoms with Gasteiger partial charge in [-0.25, -0.2) is 0 Å². The maximum Gasteiger partial charge on any atom is 0.225 e. The average molecular weight is 396 g/mol. The van der Waals surface area contributed by atoms with E-state index in [9.17, 15) is 4.79 Å². The molecule has 1 atom stereocenters. The number of carbonyl (C=O) groups excluding carboxylic acids is 1. The molecule has 5 heteroatoms. The van der Waals surface area contributed by atoms with Gasteiger partial charge in [0.05, 0.1) is 26.7 Å². The van der Waals surface area contributed by atoms with Crippen LogP contribution in [0.1, 0.15) is 22.7 Å². The molecule has 0 aliphatic heterocycles. The zero-order valence-corrected chi connectivity index (χ0v) is 16.6. The number of ether oxygens (including phenoxy) is 2. The third-order valence-electron chi connectivity index (χ3n) is 4.47. The van der Waals surface area contributed by atoms with Crippen molar-refractivity contribution in [1.29, 1.82) is 0 Å². The minimum Gasteiger partial charge on any atom is -0.497 e. The molecule has 1 amide bonds. The maximum atomic E-state index is 12.8. The molecule has 28 heavy (non-hydrogen) atoms. The van der Waals surface area contributed by atoms with Crippen LogP contribution in [0.3, 0.4) is 0 Å². The third-order valence-corrected chi connectivity index (χ3v) is 4.70. The van der Waals surface area contributed by atoms with E-state index in [0.717, 1.165) is 16.7 Å². The molecule has 144 valence electrons. The molecule has 0 heterocycles. The molecule has 0 bridgehead atoms. The topological polar surface area (TPSA) is 47.6 Å². The van der Waals surface area contributed by atoms with Crippen molar-refractivity contribution in [1.82, 2.24) is 5.32 Å². The highest BCUT2D eigenvalue weighted by molar-refractivity contribution is 6.30. The highest BCUT2D eigenvalue weighted by atomic mass is 35.5. The Morgan fingerprint density at radius 2 is 1.68 bits per heavy atom. The predicted molar refractivity (Wildman–Crippen MR) is 111 cm³/mol. The van der Waals surface area contributed by atoms with E-state index >= 15 is 0 Å². The highest BCUT2D eigenvalue weighted by Crippen LogP contribution is 2.27. The van der Waals surface area contributed by atoms with Crippen LogP contribution >= 0.6 is 11.6 Å². The van der Waals surface area contributed by atoms with Gasteiger partial charge >= 0.3 is 0 Å². The Morgan fingerprint density at radius 3 is 2.36 bits per heavy atom. The van der Waals surface area contributed by atoms with E-state index < -0.39 is 0 Å². The number of hydrogen-bond donors (Lipinski definition) is 1. The van der Waals surface area contributed by atoms with Crippen molar-refractivity contribution in [3.63, 3.8) is 0 Å². The molecule has 0 aliphatic carbocycles. The van der Waals surface area contributed by atoms with Crippen molar-refractivity contribution >= 4 is 17.5 Å². The molecule has 1 N–H and O–H groups in total. The number of nitrogens with one attached hydrogen (secondary N) is 1. The Bertz CT molecular complexity index is 944. The summed E-state index contributed by atoms with van der Waals surface area (Å²) in [6.45, 7) is 0. The molecule has 0 fully saturated rings. The van der Waals surface area contributed by atoms with Gasteiger partial charge in [-0.05, 0) is 29.3 Å². The van der Waals surface area contributed by atoms with E-state index in [4.69, 9.17) is 21.1 Å². The maximum absolute atomic E-state index is 12.8. The summed E-state index contributed by atoms with van der Waals surface area (Å²) in [5.41, 5.74) is 2.70. The van der Waals surface area contributed by atoms with Gasteiger partial charge in [-0.3, -0.25) is 4.79 Å². The first-order valence-corrected chi connectivity index (χ1v) is 9.29. The second kappa shape index (κ2) is 9.29. The molecule has 3 aromatic carbocycles. The van der Waals surface area contributed by atoms with Crippen LogP contribution in [0.15, 0.2) is 72.8 Å². The van der Waals surface area contributed by atoms with Crippen molar-refractivity contribution < 1.29 is 14.3 Å². The van der Waals surface area contributed by atoms with Crippen LogP contribution in [0, 0.1) is 0 Å². The summed E-state index contributed by atoms with van der Waals surface area (Å²) in [5.74, 6) is 1.19. The zero-order chi connectivity index (χ0) is 19.9. The number of methoxy groups -OCH3 is 2. The van der Waals surface area contributed by atoms with E-state index in [1.165, 1.54) is 0 Å². The molecule has 4 nitrogen and oxygen atoms in total. The van der Waals surface area contributed by atoms with E-state index in [-0.39, 0.29) is 18.4 Å². The summed E-state index contributed by atoms with van der Waals surface area (Å²) in [5, 5.41) is 3.75. The molecule has 0 saturated carbocycles. The monoisotopic (exact) mass is 395 g/mol. The number of rotatable bonds is 7. The van der Waals surface area contributed by atoms with Gasteiger partial charge in [0.25, 0.3) is 0 Å². The Kier molecular flexibility index (Phi) is 6.56. The van der Waals surface area contributed by atoms with Gasteiger partial charge in [-0.1, -0.05) is 60.1 Å². The average Bonchev–Trinajstić information content (AvgIpc) is 2.73. The lowest BCUT2D eigenvalue weighted by molar-refractivity contribution is -0.121. The first-order valence-electron chi connectivity index (χ1n) is 8.91. The van der Waals surface area contributed by atoms with Crippen LogP contribution in [-0.4, -0.2) is 20.1 Å². The summed E-state index contributed by atoms with van der Waals surface area (Å²) in [6, 6.07) is 22.5. The molecule has 3 aromatic rings. The van der Waals surface area contributed by atoms with Crippen LogP contribution < -0.4 is 14.8 Å². The number of benzene rings is 3. The van der Waals surface area contributed by atoms with E-state index in [2.05, 4.69) is 5.32 Å². The molecular weight excluding hydrogens is 374 g/mol.